The number of aryl methyl sites for hydroxylation is 1. The Labute approximate surface area is 204 Å². The predicted octanol–water partition coefficient (Wildman–Crippen LogP) is 3.80. The summed E-state index contributed by atoms with van der Waals surface area (Å²) in [6.07, 6.45) is -0.0423. The molecule has 0 spiro atoms. The van der Waals surface area contributed by atoms with Crippen LogP contribution in [0.2, 0.25) is 0 Å². The van der Waals surface area contributed by atoms with E-state index in [9.17, 15) is 14.6 Å². The third kappa shape index (κ3) is 6.68. The second kappa shape index (κ2) is 11.6. The second-order valence-electron chi connectivity index (χ2n) is 8.78. The number of aliphatic hydroxyl groups is 2. The van der Waals surface area contributed by atoms with Gasteiger partial charge in [-0.2, -0.15) is 0 Å². The lowest BCUT2D eigenvalue weighted by molar-refractivity contribution is 0.0888. The molecular weight excluding hydrogens is 461 g/mol. The molecule has 0 amide bonds. The van der Waals surface area contributed by atoms with E-state index in [2.05, 4.69) is 30.2 Å². The lowest BCUT2D eigenvalue weighted by atomic mass is 9.77. The Morgan fingerprint density at radius 1 is 1.03 bits per heavy atom. The highest BCUT2D eigenvalue weighted by atomic mass is 35.5. The van der Waals surface area contributed by atoms with Crippen molar-refractivity contribution in [2.24, 2.45) is 0 Å². The van der Waals surface area contributed by atoms with Crippen LogP contribution in [0.1, 0.15) is 36.2 Å². The number of aromatic nitrogens is 3. The van der Waals surface area contributed by atoms with Crippen LogP contribution in [0.15, 0.2) is 48.7 Å². The molecule has 1 heterocycles. The Bertz CT molecular complexity index is 1060. The fourth-order valence-corrected chi connectivity index (χ4v) is 3.60. The largest absolute Gasteiger partial charge is 0.491 e. The standard InChI is InChI=1S/C25H31ClFN3O4/c1-17-10-19(6-9-24(17)34-15-21(31)11-26)25(2,3)18-4-7-23(8-5-18)33-16-22(32)14-30-13-20(12-27)28-29-30/h4-10,13,21-22,31-32H,11-12,14-16H2,1-3H3/t21-,22+/m0/s1. The van der Waals surface area contributed by atoms with Crippen LogP contribution in [0, 0.1) is 6.92 Å². The molecule has 0 saturated carbocycles. The third-order valence-corrected chi connectivity index (χ3v) is 6.00. The molecule has 9 heteroatoms. The van der Waals surface area contributed by atoms with E-state index in [0.29, 0.717) is 5.75 Å². The SMILES string of the molecule is Cc1cc(C(C)(C)c2ccc(OC[C@H](O)Cn3cc(CF)nn3)cc2)ccc1OC[C@@H](O)CCl. The molecule has 0 saturated heterocycles. The van der Waals surface area contributed by atoms with Crippen LogP contribution in [-0.4, -0.2) is 56.5 Å². The van der Waals surface area contributed by atoms with Gasteiger partial charge >= 0.3 is 0 Å². The molecule has 0 aliphatic rings. The first-order chi connectivity index (χ1) is 16.2. The van der Waals surface area contributed by atoms with E-state index in [4.69, 9.17) is 21.1 Å². The van der Waals surface area contributed by atoms with Gasteiger partial charge in [0.1, 0.15) is 49.3 Å². The predicted molar refractivity (Wildman–Crippen MR) is 128 cm³/mol. The van der Waals surface area contributed by atoms with Gasteiger partial charge in [-0.25, -0.2) is 9.07 Å². The lowest BCUT2D eigenvalue weighted by Crippen LogP contribution is -2.24. The fraction of sp³-hybridized carbons (Fsp3) is 0.440. The Balaban J connectivity index is 1.59. The van der Waals surface area contributed by atoms with Gasteiger partial charge in [-0.3, -0.25) is 0 Å². The number of rotatable bonds is 12. The first-order valence-electron chi connectivity index (χ1n) is 11.1. The summed E-state index contributed by atoms with van der Waals surface area (Å²) in [4.78, 5) is 0. The van der Waals surface area contributed by atoms with Crippen molar-refractivity contribution in [2.75, 3.05) is 19.1 Å². The zero-order chi connectivity index (χ0) is 24.7. The van der Waals surface area contributed by atoms with Gasteiger partial charge in [0.15, 0.2) is 0 Å². The number of halogens is 2. The molecule has 7 nitrogen and oxygen atoms in total. The molecule has 184 valence electrons. The van der Waals surface area contributed by atoms with Crippen LogP contribution < -0.4 is 9.47 Å². The monoisotopic (exact) mass is 491 g/mol. The zero-order valence-electron chi connectivity index (χ0n) is 19.6. The highest BCUT2D eigenvalue weighted by Gasteiger charge is 2.24. The number of hydrogen-bond acceptors (Lipinski definition) is 6. The Kier molecular flexibility index (Phi) is 8.88. The maximum Gasteiger partial charge on any atom is 0.135 e. The topological polar surface area (TPSA) is 89.6 Å². The van der Waals surface area contributed by atoms with Crippen molar-refractivity contribution < 1.29 is 24.1 Å². The van der Waals surface area contributed by atoms with E-state index in [1.807, 2.05) is 43.3 Å². The maximum atomic E-state index is 12.6. The molecule has 3 aromatic rings. The molecule has 0 radical (unpaired) electrons. The summed E-state index contributed by atoms with van der Waals surface area (Å²) in [6.45, 7) is 5.97. The van der Waals surface area contributed by atoms with Crippen LogP contribution in [0.25, 0.3) is 0 Å². The zero-order valence-corrected chi connectivity index (χ0v) is 20.4. The van der Waals surface area contributed by atoms with Crippen LogP contribution in [0.4, 0.5) is 4.39 Å². The molecule has 0 aliphatic carbocycles. The van der Waals surface area contributed by atoms with Gasteiger partial charge in [-0.1, -0.05) is 43.3 Å². The molecule has 0 fully saturated rings. The summed E-state index contributed by atoms with van der Waals surface area (Å²) in [5.74, 6) is 1.49. The molecule has 2 aromatic carbocycles. The second-order valence-corrected chi connectivity index (χ2v) is 9.09. The van der Waals surface area contributed by atoms with E-state index in [0.717, 1.165) is 22.4 Å². The van der Waals surface area contributed by atoms with Gasteiger partial charge < -0.3 is 19.7 Å². The minimum Gasteiger partial charge on any atom is -0.491 e. The van der Waals surface area contributed by atoms with E-state index in [1.54, 1.807) is 0 Å². The molecule has 0 aliphatic heterocycles. The van der Waals surface area contributed by atoms with Crippen molar-refractivity contribution in [2.45, 2.75) is 51.6 Å². The molecular formula is C25H31ClFN3O4. The van der Waals surface area contributed by atoms with Crippen LogP contribution in [0.3, 0.4) is 0 Å². The van der Waals surface area contributed by atoms with Gasteiger partial charge in [0, 0.05) is 5.41 Å². The normalized spacial score (nSPS) is 13.5. The Morgan fingerprint density at radius 3 is 2.32 bits per heavy atom. The summed E-state index contributed by atoms with van der Waals surface area (Å²) in [6, 6.07) is 13.8. The minimum absolute atomic E-state index is 0.0760. The van der Waals surface area contributed by atoms with Crippen molar-refractivity contribution in [3.63, 3.8) is 0 Å². The van der Waals surface area contributed by atoms with Gasteiger partial charge in [-0.15, -0.1) is 16.7 Å². The lowest BCUT2D eigenvalue weighted by Gasteiger charge is -2.27. The van der Waals surface area contributed by atoms with Crippen molar-refractivity contribution >= 4 is 11.6 Å². The summed E-state index contributed by atoms with van der Waals surface area (Å²) < 4.78 is 25.3. The smallest absolute Gasteiger partial charge is 0.135 e. The van der Waals surface area contributed by atoms with E-state index in [1.165, 1.54) is 10.9 Å². The van der Waals surface area contributed by atoms with Gasteiger partial charge in [-0.05, 0) is 41.8 Å². The summed E-state index contributed by atoms with van der Waals surface area (Å²) in [7, 11) is 0. The van der Waals surface area contributed by atoms with Crippen molar-refractivity contribution in [3.8, 4) is 11.5 Å². The molecule has 34 heavy (non-hydrogen) atoms. The first-order valence-corrected chi connectivity index (χ1v) is 11.6. The number of benzene rings is 2. The number of hydrogen-bond donors (Lipinski definition) is 2. The van der Waals surface area contributed by atoms with Crippen molar-refractivity contribution in [3.05, 3.63) is 71.0 Å². The van der Waals surface area contributed by atoms with Crippen molar-refractivity contribution in [1.29, 1.82) is 0 Å². The molecule has 1 aromatic heterocycles. The van der Waals surface area contributed by atoms with Crippen LogP contribution >= 0.6 is 11.6 Å². The summed E-state index contributed by atoms with van der Waals surface area (Å²) in [5, 5.41) is 27.2. The van der Waals surface area contributed by atoms with E-state index < -0.39 is 18.9 Å². The van der Waals surface area contributed by atoms with Gasteiger partial charge in [0.05, 0.1) is 18.6 Å². The Morgan fingerprint density at radius 2 is 1.71 bits per heavy atom. The van der Waals surface area contributed by atoms with Gasteiger partial charge in [0.25, 0.3) is 0 Å². The highest BCUT2D eigenvalue weighted by molar-refractivity contribution is 6.18. The van der Waals surface area contributed by atoms with E-state index in [-0.39, 0.29) is 36.7 Å². The molecule has 2 N–H and O–H groups in total. The highest BCUT2D eigenvalue weighted by Crippen LogP contribution is 2.34. The first kappa shape index (κ1) is 25.9. The summed E-state index contributed by atoms with van der Waals surface area (Å²) in [5.41, 5.74) is 3.17. The number of aliphatic hydroxyl groups excluding tert-OH is 2. The fourth-order valence-electron chi connectivity index (χ4n) is 3.52. The number of alkyl halides is 2. The number of nitrogens with zero attached hydrogens (tertiary/aromatic N) is 3. The molecule has 2 atom stereocenters. The van der Waals surface area contributed by atoms with Crippen LogP contribution in [0.5, 0.6) is 11.5 Å². The maximum absolute atomic E-state index is 12.6. The van der Waals surface area contributed by atoms with Crippen LogP contribution in [-0.2, 0) is 18.6 Å². The molecule has 0 unspecified atom stereocenters. The average Bonchev–Trinajstić information content (AvgIpc) is 3.29. The van der Waals surface area contributed by atoms with Crippen molar-refractivity contribution in [1.82, 2.24) is 15.0 Å². The van der Waals surface area contributed by atoms with E-state index >= 15 is 0 Å². The van der Waals surface area contributed by atoms with Gasteiger partial charge in [0.2, 0.25) is 0 Å². The Hall–Kier alpha value is -2.68. The molecule has 3 rings (SSSR count). The average molecular weight is 492 g/mol. The molecule has 0 bridgehead atoms. The minimum atomic E-state index is -0.806. The number of ether oxygens (including phenoxy) is 2. The third-order valence-electron chi connectivity index (χ3n) is 5.65. The quantitative estimate of drug-likeness (QED) is 0.375. The summed E-state index contributed by atoms with van der Waals surface area (Å²) >= 11 is 5.63.